The Morgan fingerprint density at radius 1 is 1.43 bits per heavy atom. The van der Waals surface area contributed by atoms with Crippen molar-refractivity contribution in [1.29, 1.82) is 0 Å². The molecule has 0 saturated carbocycles. The Morgan fingerprint density at radius 2 is 2.10 bits per heavy atom. The van der Waals surface area contributed by atoms with E-state index in [-0.39, 0.29) is 31.2 Å². The third-order valence-electron chi connectivity index (χ3n) is 2.63. The van der Waals surface area contributed by atoms with Crippen molar-refractivity contribution in [2.45, 2.75) is 13.1 Å². The second-order valence-corrected chi connectivity index (χ2v) is 4.22. The number of aliphatic hydroxyl groups is 1. The van der Waals surface area contributed by atoms with E-state index in [0.29, 0.717) is 0 Å². The molecule has 0 spiro atoms. The van der Waals surface area contributed by atoms with E-state index in [1.54, 1.807) is 6.92 Å². The lowest BCUT2D eigenvalue weighted by Gasteiger charge is -2.19. The van der Waals surface area contributed by atoms with Gasteiger partial charge in [-0.15, -0.1) is 0 Å². The van der Waals surface area contributed by atoms with Gasteiger partial charge in [-0.3, -0.25) is 0 Å². The second kappa shape index (κ2) is 7.16. The van der Waals surface area contributed by atoms with Gasteiger partial charge >= 0.3 is 12.2 Å². The Balaban J connectivity index is 3.03. The zero-order valence-corrected chi connectivity index (χ0v) is 11.7. The van der Waals surface area contributed by atoms with Crippen LogP contribution in [0, 0.1) is 0 Å². The molecule has 8 heteroatoms. The topological polar surface area (TPSA) is 61.8 Å². The summed E-state index contributed by atoms with van der Waals surface area (Å²) in [4.78, 5) is 12.9. The Bertz CT molecular complexity index is 492. The smallest absolute Gasteiger partial charge is 0.416 e. The van der Waals surface area contributed by atoms with E-state index in [0.717, 1.165) is 23.1 Å². The molecule has 2 amide bonds. The van der Waals surface area contributed by atoms with Gasteiger partial charge in [0, 0.05) is 13.6 Å². The number of halogens is 3. The van der Waals surface area contributed by atoms with Crippen molar-refractivity contribution in [3.8, 4) is 5.75 Å². The van der Waals surface area contributed by atoms with Crippen LogP contribution in [0.3, 0.4) is 0 Å². The van der Waals surface area contributed by atoms with Crippen molar-refractivity contribution in [2.24, 2.45) is 0 Å². The van der Waals surface area contributed by atoms with Crippen LogP contribution in [0.2, 0.25) is 0 Å². The van der Waals surface area contributed by atoms with Crippen molar-refractivity contribution < 1.29 is 27.8 Å². The highest BCUT2D eigenvalue weighted by molar-refractivity contribution is 5.91. The van der Waals surface area contributed by atoms with Crippen LogP contribution in [-0.4, -0.2) is 42.8 Å². The number of nitrogens with one attached hydrogen (secondary N) is 1. The first-order valence-electron chi connectivity index (χ1n) is 6.26. The molecule has 21 heavy (non-hydrogen) atoms. The van der Waals surface area contributed by atoms with Gasteiger partial charge in [-0.1, -0.05) is 0 Å². The predicted octanol–water partition coefficient (Wildman–Crippen LogP) is 2.56. The fraction of sp³-hybridized carbons (Fsp3) is 0.462. The van der Waals surface area contributed by atoms with Gasteiger partial charge < -0.3 is 20.1 Å². The number of amides is 2. The zero-order chi connectivity index (χ0) is 16.0. The lowest BCUT2D eigenvalue weighted by Crippen LogP contribution is -2.33. The van der Waals surface area contributed by atoms with Gasteiger partial charge in [-0.25, -0.2) is 4.79 Å². The quantitative estimate of drug-likeness (QED) is 0.879. The minimum atomic E-state index is -4.51. The monoisotopic (exact) mass is 306 g/mol. The lowest BCUT2D eigenvalue weighted by molar-refractivity contribution is -0.137. The van der Waals surface area contributed by atoms with Crippen LogP contribution in [-0.2, 0) is 6.18 Å². The highest BCUT2D eigenvalue weighted by atomic mass is 19.4. The van der Waals surface area contributed by atoms with Crippen LogP contribution in [0.4, 0.5) is 23.7 Å². The fourth-order valence-electron chi connectivity index (χ4n) is 1.55. The minimum absolute atomic E-state index is 0.0642. The van der Waals surface area contributed by atoms with Crippen molar-refractivity contribution >= 4 is 11.7 Å². The molecule has 0 bridgehead atoms. The minimum Gasteiger partial charge on any atom is -0.492 e. The molecule has 1 aromatic carbocycles. The van der Waals surface area contributed by atoms with Gasteiger partial charge in [-0.05, 0) is 25.1 Å². The summed E-state index contributed by atoms with van der Waals surface area (Å²) in [5.41, 5.74) is -0.951. The molecule has 0 aromatic heterocycles. The number of rotatable bonds is 5. The summed E-state index contributed by atoms with van der Waals surface area (Å²) in [5.74, 6) is 0.149. The van der Waals surface area contributed by atoms with Crippen molar-refractivity contribution in [2.75, 3.05) is 32.1 Å². The number of benzene rings is 1. The van der Waals surface area contributed by atoms with Crippen LogP contribution < -0.4 is 10.1 Å². The molecule has 0 radical (unpaired) electrons. The number of hydrogen-bond donors (Lipinski definition) is 2. The average Bonchev–Trinajstić information content (AvgIpc) is 2.40. The predicted molar refractivity (Wildman–Crippen MR) is 71.3 cm³/mol. The molecule has 0 aliphatic rings. The van der Waals surface area contributed by atoms with E-state index in [1.165, 1.54) is 7.05 Å². The largest absolute Gasteiger partial charge is 0.492 e. The van der Waals surface area contributed by atoms with Gasteiger partial charge in [0.2, 0.25) is 0 Å². The molecule has 0 fully saturated rings. The summed E-state index contributed by atoms with van der Waals surface area (Å²) >= 11 is 0. The maximum Gasteiger partial charge on any atom is 0.416 e. The van der Waals surface area contributed by atoms with E-state index < -0.39 is 17.8 Å². The van der Waals surface area contributed by atoms with Crippen molar-refractivity contribution in [3.63, 3.8) is 0 Å². The first-order valence-corrected chi connectivity index (χ1v) is 6.26. The van der Waals surface area contributed by atoms with Gasteiger partial charge in [0.1, 0.15) is 5.75 Å². The third-order valence-corrected chi connectivity index (χ3v) is 2.63. The average molecular weight is 306 g/mol. The molecular formula is C13H17F3N2O3. The van der Waals surface area contributed by atoms with E-state index in [2.05, 4.69) is 5.32 Å². The van der Waals surface area contributed by atoms with Crippen LogP contribution in [0.5, 0.6) is 5.75 Å². The lowest BCUT2D eigenvalue weighted by atomic mass is 10.2. The van der Waals surface area contributed by atoms with Gasteiger partial charge in [0.05, 0.1) is 24.5 Å². The Morgan fingerprint density at radius 3 is 2.62 bits per heavy atom. The van der Waals surface area contributed by atoms with Gasteiger partial charge in [-0.2, -0.15) is 13.2 Å². The SMILES string of the molecule is CCOc1ccc(C(F)(F)F)cc1NC(=O)N(C)CCO. The normalized spacial score (nSPS) is 11.1. The maximum absolute atomic E-state index is 12.7. The summed E-state index contributed by atoms with van der Waals surface area (Å²) in [5, 5.41) is 11.1. The van der Waals surface area contributed by atoms with Crippen LogP contribution in [0.1, 0.15) is 12.5 Å². The standard InChI is InChI=1S/C13H17F3N2O3/c1-3-21-11-5-4-9(13(14,15)16)8-10(11)17-12(20)18(2)6-7-19/h4-5,8,19H,3,6-7H2,1-2H3,(H,17,20). The summed E-state index contributed by atoms with van der Waals surface area (Å²) in [6, 6.07) is 2.23. The van der Waals surface area contributed by atoms with Crippen molar-refractivity contribution in [1.82, 2.24) is 4.90 Å². The number of alkyl halides is 3. The molecule has 5 nitrogen and oxygen atoms in total. The number of nitrogens with zero attached hydrogens (tertiary/aromatic N) is 1. The van der Waals surface area contributed by atoms with E-state index in [9.17, 15) is 18.0 Å². The number of anilines is 1. The molecule has 0 aliphatic heterocycles. The van der Waals surface area contributed by atoms with E-state index in [1.807, 2.05) is 0 Å². The molecule has 0 saturated heterocycles. The third kappa shape index (κ3) is 4.82. The number of likely N-dealkylation sites (N-methyl/N-ethyl adjacent to an activating group) is 1. The van der Waals surface area contributed by atoms with Crippen LogP contribution in [0.25, 0.3) is 0 Å². The number of carbonyl (C=O) groups excluding carboxylic acids is 1. The van der Waals surface area contributed by atoms with Crippen molar-refractivity contribution in [3.05, 3.63) is 23.8 Å². The number of urea groups is 1. The molecule has 0 unspecified atom stereocenters. The highest BCUT2D eigenvalue weighted by Crippen LogP contribution is 2.35. The number of carbonyl (C=O) groups is 1. The summed E-state index contributed by atoms with van der Waals surface area (Å²) < 4.78 is 43.3. The molecule has 1 aromatic rings. The van der Waals surface area contributed by atoms with Gasteiger partial charge in [0.15, 0.2) is 0 Å². The number of ether oxygens (including phenoxy) is 1. The molecule has 0 aliphatic carbocycles. The number of hydrogen-bond acceptors (Lipinski definition) is 3. The maximum atomic E-state index is 12.7. The van der Waals surface area contributed by atoms with E-state index in [4.69, 9.17) is 9.84 Å². The molecular weight excluding hydrogens is 289 g/mol. The summed E-state index contributed by atoms with van der Waals surface area (Å²) in [6.07, 6.45) is -4.51. The highest BCUT2D eigenvalue weighted by Gasteiger charge is 2.31. The summed E-state index contributed by atoms with van der Waals surface area (Å²) in [6.45, 7) is 1.75. The second-order valence-electron chi connectivity index (χ2n) is 4.22. The van der Waals surface area contributed by atoms with Crippen LogP contribution in [0.15, 0.2) is 18.2 Å². The Kier molecular flexibility index (Phi) is 5.83. The van der Waals surface area contributed by atoms with E-state index >= 15 is 0 Å². The first kappa shape index (κ1) is 17.1. The summed E-state index contributed by atoms with van der Waals surface area (Å²) in [7, 11) is 1.42. The molecule has 118 valence electrons. The first-order chi connectivity index (χ1) is 9.79. The fourth-order valence-corrected chi connectivity index (χ4v) is 1.55. The molecule has 0 atom stereocenters. The van der Waals surface area contributed by atoms with Crippen LogP contribution >= 0.6 is 0 Å². The molecule has 2 N–H and O–H groups in total. The molecule has 1 rings (SSSR count). The zero-order valence-electron chi connectivity index (χ0n) is 11.7. The Hall–Kier alpha value is -1.96. The molecule has 0 heterocycles. The van der Waals surface area contributed by atoms with Gasteiger partial charge in [0.25, 0.3) is 0 Å². The number of aliphatic hydroxyl groups excluding tert-OH is 1. The Labute approximate surface area is 120 Å².